The van der Waals surface area contributed by atoms with Crippen molar-refractivity contribution in [1.82, 2.24) is 10.2 Å². The molecule has 6 nitrogen and oxygen atoms in total. The molecular weight excluding hydrogens is 332 g/mol. The second kappa shape index (κ2) is 8.34. The Bertz CT molecular complexity index is 661. The van der Waals surface area contributed by atoms with Gasteiger partial charge >= 0.3 is 5.97 Å². The lowest BCUT2D eigenvalue weighted by Gasteiger charge is -2.21. The predicted octanol–water partition coefficient (Wildman–Crippen LogP) is 2.82. The fourth-order valence-electron chi connectivity index (χ4n) is 2.93. The maximum atomic E-state index is 12.4. The predicted molar refractivity (Wildman–Crippen MR) is 98.7 cm³/mol. The summed E-state index contributed by atoms with van der Waals surface area (Å²) in [6, 6.07) is 6.07. The molecule has 1 aliphatic heterocycles. The van der Waals surface area contributed by atoms with Gasteiger partial charge in [0.15, 0.2) is 0 Å². The topological polar surface area (TPSA) is 86.7 Å². The number of carbonyl (C=O) groups excluding carboxylic acids is 2. The van der Waals surface area contributed by atoms with E-state index in [0.717, 1.165) is 18.5 Å². The van der Waals surface area contributed by atoms with Crippen LogP contribution in [0, 0.1) is 5.41 Å². The highest BCUT2D eigenvalue weighted by Crippen LogP contribution is 2.22. The maximum absolute atomic E-state index is 12.4. The van der Waals surface area contributed by atoms with E-state index in [2.05, 4.69) is 5.32 Å². The van der Waals surface area contributed by atoms with Gasteiger partial charge in [-0.1, -0.05) is 32.9 Å². The van der Waals surface area contributed by atoms with Crippen LogP contribution in [0.25, 0.3) is 0 Å². The Balaban J connectivity index is 1.95. The van der Waals surface area contributed by atoms with Gasteiger partial charge in [0.1, 0.15) is 6.04 Å². The van der Waals surface area contributed by atoms with Crippen LogP contribution in [0.1, 0.15) is 62.4 Å². The normalized spacial score (nSPS) is 15.8. The molecule has 0 bridgehead atoms. The standard InChI is InChI=1S/C20H28N2O4/c1-20(2,3)11-10-16(19(25)26)21-18(24)15-8-6-14(7-9-15)13-22-12-4-5-17(22)23/h6-9,16H,4-5,10-13H2,1-3H3,(H,21,24)(H,25,26). The molecule has 26 heavy (non-hydrogen) atoms. The van der Waals surface area contributed by atoms with Crippen molar-refractivity contribution in [2.45, 2.75) is 59.0 Å². The fourth-order valence-corrected chi connectivity index (χ4v) is 2.93. The van der Waals surface area contributed by atoms with Crippen LogP contribution < -0.4 is 5.32 Å². The lowest BCUT2D eigenvalue weighted by atomic mass is 9.88. The highest BCUT2D eigenvalue weighted by atomic mass is 16.4. The van der Waals surface area contributed by atoms with E-state index in [-0.39, 0.29) is 11.3 Å². The molecule has 0 aromatic heterocycles. The minimum absolute atomic E-state index is 0.00703. The maximum Gasteiger partial charge on any atom is 0.326 e. The average Bonchev–Trinajstić information content (AvgIpc) is 2.95. The summed E-state index contributed by atoms with van der Waals surface area (Å²) in [4.78, 5) is 37.2. The van der Waals surface area contributed by atoms with E-state index >= 15 is 0 Å². The summed E-state index contributed by atoms with van der Waals surface area (Å²) in [7, 11) is 0. The third-order valence-corrected chi connectivity index (χ3v) is 4.55. The first kappa shape index (κ1) is 19.9. The Labute approximate surface area is 154 Å². The Morgan fingerprint density at radius 2 is 1.88 bits per heavy atom. The Morgan fingerprint density at radius 1 is 1.23 bits per heavy atom. The van der Waals surface area contributed by atoms with Gasteiger partial charge in [-0.15, -0.1) is 0 Å². The lowest BCUT2D eigenvalue weighted by Crippen LogP contribution is -2.41. The van der Waals surface area contributed by atoms with E-state index < -0.39 is 17.9 Å². The van der Waals surface area contributed by atoms with Crippen LogP contribution in [-0.4, -0.2) is 40.4 Å². The van der Waals surface area contributed by atoms with Crippen LogP contribution in [-0.2, 0) is 16.1 Å². The molecular formula is C20H28N2O4. The molecule has 1 atom stereocenters. The molecule has 2 rings (SSSR count). The van der Waals surface area contributed by atoms with Crippen molar-refractivity contribution < 1.29 is 19.5 Å². The molecule has 1 aliphatic rings. The van der Waals surface area contributed by atoms with Crippen molar-refractivity contribution >= 4 is 17.8 Å². The van der Waals surface area contributed by atoms with Crippen molar-refractivity contribution in [2.24, 2.45) is 5.41 Å². The molecule has 2 N–H and O–H groups in total. The first-order valence-electron chi connectivity index (χ1n) is 9.06. The summed E-state index contributed by atoms with van der Waals surface area (Å²) in [5, 5.41) is 11.9. The molecule has 1 fully saturated rings. The zero-order chi connectivity index (χ0) is 19.3. The van der Waals surface area contributed by atoms with E-state index in [4.69, 9.17) is 0 Å². The number of hydrogen-bond donors (Lipinski definition) is 2. The summed E-state index contributed by atoms with van der Waals surface area (Å²) in [6.45, 7) is 7.44. The Kier molecular flexibility index (Phi) is 6.40. The Hall–Kier alpha value is -2.37. The van der Waals surface area contributed by atoms with Crippen molar-refractivity contribution in [3.8, 4) is 0 Å². The third kappa shape index (κ3) is 5.86. The number of aliphatic carboxylic acids is 1. The van der Waals surface area contributed by atoms with Gasteiger partial charge in [0.05, 0.1) is 0 Å². The van der Waals surface area contributed by atoms with E-state index in [1.165, 1.54) is 0 Å². The number of nitrogens with zero attached hydrogens (tertiary/aromatic N) is 1. The van der Waals surface area contributed by atoms with Gasteiger partial charge < -0.3 is 15.3 Å². The number of likely N-dealkylation sites (tertiary alicyclic amines) is 1. The summed E-state index contributed by atoms with van der Waals surface area (Å²) in [6.07, 6.45) is 2.59. The zero-order valence-electron chi connectivity index (χ0n) is 15.7. The van der Waals surface area contributed by atoms with Crippen LogP contribution in [0.15, 0.2) is 24.3 Å². The average molecular weight is 360 g/mol. The molecule has 2 amide bonds. The first-order chi connectivity index (χ1) is 12.2. The Morgan fingerprint density at radius 3 is 2.38 bits per heavy atom. The van der Waals surface area contributed by atoms with Crippen molar-refractivity contribution in [3.63, 3.8) is 0 Å². The molecule has 0 spiro atoms. The number of carboxylic acids is 1. The SMILES string of the molecule is CC(C)(C)CCC(NC(=O)c1ccc(CN2CCCC2=O)cc1)C(=O)O. The zero-order valence-corrected chi connectivity index (χ0v) is 15.7. The second-order valence-corrected chi connectivity index (χ2v) is 8.08. The van der Waals surface area contributed by atoms with Crippen LogP contribution in [0.2, 0.25) is 0 Å². The summed E-state index contributed by atoms with van der Waals surface area (Å²) < 4.78 is 0. The molecule has 142 valence electrons. The molecule has 6 heteroatoms. The lowest BCUT2D eigenvalue weighted by molar-refractivity contribution is -0.139. The summed E-state index contributed by atoms with van der Waals surface area (Å²) in [5.74, 6) is -1.25. The molecule has 1 unspecified atom stereocenters. The number of carbonyl (C=O) groups is 3. The van der Waals surface area contributed by atoms with Crippen LogP contribution in [0.3, 0.4) is 0 Å². The monoisotopic (exact) mass is 360 g/mol. The molecule has 0 radical (unpaired) electrons. The first-order valence-corrected chi connectivity index (χ1v) is 9.06. The van der Waals surface area contributed by atoms with E-state index in [0.29, 0.717) is 31.4 Å². The minimum atomic E-state index is -1.02. The minimum Gasteiger partial charge on any atom is -0.480 e. The second-order valence-electron chi connectivity index (χ2n) is 8.08. The van der Waals surface area contributed by atoms with Crippen molar-refractivity contribution in [1.29, 1.82) is 0 Å². The van der Waals surface area contributed by atoms with Gasteiger partial charge in [-0.25, -0.2) is 4.79 Å². The highest BCUT2D eigenvalue weighted by molar-refractivity contribution is 5.96. The summed E-state index contributed by atoms with van der Waals surface area (Å²) >= 11 is 0. The van der Waals surface area contributed by atoms with Gasteiger partial charge in [0.25, 0.3) is 5.91 Å². The molecule has 0 aliphatic carbocycles. The van der Waals surface area contributed by atoms with Gasteiger partial charge in [-0.3, -0.25) is 9.59 Å². The van der Waals surface area contributed by atoms with Crippen molar-refractivity contribution in [2.75, 3.05) is 6.54 Å². The smallest absolute Gasteiger partial charge is 0.326 e. The summed E-state index contributed by atoms with van der Waals surface area (Å²) in [5.41, 5.74) is 1.38. The van der Waals surface area contributed by atoms with Gasteiger partial charge in [0.2, 0.25) is 5.91 Å². The van der Waals surface area contributed by atoms with E-state index in [1.807, 2.05) is 37.8 Å². The van der Waals surface area contributed by atoms with Gasteiger partial charge in [0, 0.05) is 25.1 Å². The number of benzene rings is 1. The number of nitrogens with one attached hydrogen (secondary N) is 1. The highest BCUT2D eigenvalue weighted by Gasteiger charge is 2.23. The van der Waals surface area contributed by atoms with Crippen molar-refractivity contribution in [3.05, 3.63) is 35.4 Å². The van der Waals surface area contributed by atoms with E-state index in [1.54, 1.807) is 12.1 Å². The molecule has 1 saturated heterocycles. The van der Waals surface area contributed by atoms with Crippen LogP contribution in [0.4, 0.5) is 0 Å². The van der Waals surface area contributed by atoms with Crippen LogP contribution in [0.5, 0.6) is 0 Å². The number of hydrogen-bond acceptors (Lipinski definition) is 3. The van der Waals surface area contributed by atoms with Gasteiger partial charge in [-0.2, -0.15) is 0 Å². The van der Waals surface area contributed by atoms with Crippen LogP contribution >= 0.6 is 0 Å². The van der Waals surface area contributed by atoms with Gasteiger partial charge in [-0.05, 0) is 42.4 Å². The number of amides is 2. The molecule has 1 aromatic carbocycles. The third-order valence-electron chi connectivity index (χ3n) is 4.55. The molecule has 0 saturated carbocycles. The quantitative estimate of drug-likeness (QED) is 0.783. The largest absolute Gasteiger partial charge is 0.480 e. The van der Waals surface area contributed by atoms with E-state index in [9.17, 15) is 19.5 Å². The molecule has 1 heterocycles. The fraction of sp³-hybridized carbons (Fsp3) is 0.550. The molecule has 1 aromatic rings. The number of carboxylic acid groups (broad SMARTS) is 1. The number of rotatable bonds is 7.